The number of carbonyl (C=O) groups is 2. The third-order valence-electron chi connectivity index (χ3n) is 4.02. The van der Waals surface area contributed by atoms with Crippen LogP contribution in [0, 0.1) is 11.6 Å². The Hall–Kier alpha value is -2.96. The number of halogens is 2. The normalized spacial score (nSPS) is 16.6. The Morgan fingerprint density at radius 3 is 2.36 bits per heavy atom. The zero-order chi connectivity index (χ0) is 17.8. The molecule has 1 saturated heterocycles. The van der Waals surface area contributed by atoms with Crippen molar-refractivity contribution < 1.29 is 18.4 Å². The topological polar surface area (TPSA) is 61.4 Å². The molecule has 0 bridgehead atoms. The Labute approximate surface area is 143 Å². The summed E-state index contributed by atoms with van der Waals surface area (Å²) in [5.41, 5.74) is 0.318. The first kappa shape index (κ1) is 16.9. The number of rotatable bonds is 3. The summed E-state index contributed by atoms with van der Waals surface area (Å²) >= 11 is 0. The molecular weight excluding hydrogens is 328 g/mol. The Bertz CT molecular complexity index is 763. The molecule has 1 aliphatic rings. The van der Waals surface area contributed by atoms with Crippen LogP contribution < -0.4 is 10.6 Å². The number of likely N-dealkylation sites (tertiary alicyclic amines) is 1. The molecule has 0 spiro atoms. The lowest BCUT2D eigenvalue weighted by Gasteiger charge is -2.17. The number of para-hydroxylation sites is 2. The van der Waals surface area contributed by atoms with Crippen molar-refractivity contribution in [3.8, 4) is 0 Å². The monoisotopic (exact) mass is 345 g/mol. The fourth-order valence-corrected chi connectivity index (χ4v) is 2.76. The molecule has 5 nitrogen and oxygen atoms in total. The van der Waals surface area contributed by atoms with E-state index in [2.05, 4.69) is 5.32 Å². The number of anilines is 2. The zero-order valence-corrected chi connectivity index (χ0v) is 13.3. The van der Waals surface area contributed by atoms with E-state index in [0.29, 0.717) is 19.5 Å². The van der Waals surface area contributed by atoms with Crippen LogP contribution in [-0.4, -0.2) is 35.8 Å². The molecule has 3 rings (SSSR count). The van der Waals surface area contributed by atoms with Gasteiger partial charge < -0.3 is 15.5 Å². The summed E-state index contributed by atoms with van der Waals surface area (Å²) in [5.74, 6) is -3.71. The summed E-state index contributed by atoms with van der Waals surface area (Å²) in [6.07, 6.45) is 0.683. The highest BCUT2D eigenvalue weighted by Crippen LogP contribution is 2.19. The SMILES string of the molecule is O=C(Nc1c(F)cccc1F)C(=O)N1CC[C@@H](Nc2ccccc2)C1. The first-order valence-corrected chi connectivity index (χ1v) is 7.90. The van der Waals surface area contributed by atoms with Gasteiger partial charge in [0, 0.05) is 24.8 Å². The van der Waals surface area contributed by atoms with Gasteiger partial charge in [0.15, 0.2) is 0 Å². The number of carbonyl (C=O) groups excluding carboxylic acids is 2. The summed E-state index contributed by atoms with van der Waals surface area (Å²) in [4.78, 5) is 25.6. The predicted octanol–water partition coefficient (Wildman–Crippen LogP) is 2.62. The third-order valence-corrected chi connectivity index (χ3v) is 4.02. The molecule has 1 atom stereocenters. The molecule has 0 unspecified atom stereocenters. The van der Waals surface area contributed by atoms with Gasteiger partial charge in [-0.15, -0.1) is 0 Å². The highest BCUT2D eigenvalue weighted by molar-refractivity contribution is 6.39. The summed E-state index contributed by atoms with van der Waals surface area (Å²) in [7, 11) is 0. The molecule has 7 heteroatoms. The van der Waals surface area contributed by atoms with Gasteiger partial charge in [-0.25, -0.2) is 8.78 Å². The molecule has 1 aliphatic heterocycles. The van der Waals surface area contributed by atoms with Crippen molar-refractivity contribution in [1.82, 2.24) is 4.90 Å². The fraction of sp³-hybridized carbons (Fsp3) is 0.222. The number of hydrogen-bond donors (Lipinski definition) is 2. The molecule has 0 aliphatic carbocycles. The predicted molar refractivity (Wildman–Crippen MR) is 90.0 cm³/mol. The first-order valence-electron chi connectivity index (χ1n) is 7.90. The van der Waals surface area contributed by atoms with Crippen LogP contribution in [0.3, 0.4) is 0 Å². The van der Waals surface area contributed by atoms with E-state index in [4.69, 9.17) is 0 Å². The van der Waals surface area contributed by atoms with Gasteiger partial charge in [-0.05, 0) is 30.7 Å². The van der Waals surface area contributed by atoms with Crippen LogP contribution >= 0.6 is 0 Å². The van der Waals surface area contributed by atoms with E-state index in [9.17, 15) is 18.4 Å². The zero-order valence-electron chi connectivity index (χ0n) is 13.3. The van der Waals surface area contributed by atoms with Crippen LogP contribution in [-0.2, 0) is 9.59 Å². The molecule has 0 saturated carbocycles. The number of amides is 2. The van der Waals surface area contributed by atoms with Crippen molar-refractivity contribution in [3.63, 3.8) is 0 Å². The quantitative estimate of drug-likeness (QED) is 0.841. The molecule has 25 heavy (non-hydrogen) atoms. The third kappa shape index (κ3) is 3.93. The highest BCUT2D eigenvalue weighted by atomic mass is 19.1. The van der Waals surface area contributed by atoms with E-state index < -0.39 is 29.1 Å². The second-order valence-corrected chi connectivity index (χ2v) is 5.80. The lowest BCUT2D eigenvalue weighted by atomic mass is 10.2. The largest absolute Gasteiger partial charge is 0.380 e. The molecule has 1 heterocycles. The van der Waals surface area contributed by atoms with Crippen LogP contribution in [0.15, 0.2) is 48.5 Å². The number of hydrogen-bond acceptors (Lipinski definition) is 3. The van der Waals surface area contributed by atoms with Gasteiger partial charge in [0.1, 0.15) is 17.3 Å². The molecule has 1 fully saturated rings. The average Bonchev–Trinajstić information content (AvgIpc) is 3.07. The Morgan fingerprint density at radius 2 is 1.68 bits per heavy atom. The maximum absolute atomic E-state index is 13.6. The van der Waals surface area contributed by atoms with Gasteiger partial charge in [-0.3, -0.25) is 9.59 Å². The maximum atomic E-state index is 13.6. The lowest BCUT2D eigenvalue weighted by molar-refractivity contribution is -0.142. The van der Waals surface area contributed by atoms with Crippen molar-refractivity contribution >= 4 is 23.2 Å². The van der Waals surface area contributed by atoms with Crippen LogP contribution in [0.2, 0.25) is 0 Å². The smallest absolute Gasteiger partial charge is 0.314 e. The van der Waals surface area contributed by atoms with E-state index in [1.807, 2.05) is 35.6 Å². The minimum absolute atomic E-state index is 0.0179. The van der Waals surface area contributed by atoms with Crippen LogP contribution in [0.4, 0.5) is 20.2 Å². The standard InChI is InChI=1S/C18H17F2N3O2/c19-14-7-4-8-15(20)16(14)22-17(24)18(25)23-10-9-13(11-23)21-12-5-2-1-3-6-12/h1-8,13,21H,9-11H2,(H,22,24)/t13-/m1/s1. The summed E-state index contributed by atoms with van der Waals surface area (Å²) in [5, 5.41) is 5.31. The number of nitrogens with zero attached hydrogens (tertiary/aromatic N) is 1. The Kier molecular flexibility index (Phi) is 4.92. The van der Waals surface area contributed by atoms with Gasteiger partial charge in [-0.1, -0.05) is 24.3 Å². The Balaban J connectivity index is 1.59. The molecule has 0 aromatic heterocycles. The fourth-order valence-electron chi connectivity index (χ4n) is 2.76. The van der Waals surface area contributed by atoms with E-state index in [-0.39, 0.29) is 6.04 Å². The van der Waals surface area contributed by atoms with E-state index in [0.717, 1.165) is 17.8 Å². The van der Waals surface area contributed by atoms with Crippen LogP contribution in [0.25, 0.3) is 0 Å². The van der Waals surface area contributed by atoms with Gasteiger partial charge in [-0.2, -0.15) is 0 Å². The summed E-state index contributed by atoms with van der Waals surface area (Å²) < 4.78 is 27.1. The molecule has 0 radical (unpaired) electrons. The van der Waals surface area contributed by atoms with E-state index >= 15 is 0 Å². The minimum Gasteiger partial charge on any atom is -0.380 e. The Morgan fingerprint density at radius 1 is 1.00 bits per heavy atom. The first-order chi connectivity index (χ1) is 12.0. The molecular formula is C18H17F2N3O2. The second kappa shape index (κ2) is 7.29. The molecule has 2 amide bonds. The van der Waals surface area contributed by atoms with Gasteiger partial charge in [0.05, 0.1) is 0 Å². The number of nitrogens with one attached hydrogen (secondary N) is 2. The van der Waals surface area contributed by atoms with Crippen molar-refractivity contribution in [2.45, 2.75) is 12.5 Å². The molecule has 2 aromatic carbocycles. The van der Waals surface area contributed by atoms with Crippen LogP contribution in [0.5, 0.6) is 0 Å². The van der Waals surface area contributed by atoms with Gasteiger partial charge >= 0.3 is 11.8 Å². The van der Waals surface area contributed by atoms with Gasteiger partial charge in [0.25, 0.3) is 0 Å². The highest BCUT2D eigenvalue weighted by Gasteiger charge is 2.30. The molecule has 2 N–H and O–H groups in total. The molecule has 2 aromatic rings. The van der Waals surface area contributed by atoms with Gasteiger partial charge in [0.2, 0.25) is 0 Å². The molecule has 130 valence electrons. The van der Waals surface area contributed by atoms with Crippen molar-refractivity contribution in [1.29, 1.82) is 0 Å². The maximum Gasteiger partial charge on any atom is 0.314 e. The van der Waals surface area contributed by atoms with Crippen molar-refractivity contribution in [3.05, 3.63) is 60.2 Å². The van der Waals surface area contributed by atoms with E-state index in [1.165, 1.54) is 11.0 Å². The minimum atomic E-state index is -1.05. The van der Waals surface area contributed by atoms with E-state index in [1.54, 1.807) is 0 Å². The van der Waals surface area contributed by atoms with Crippen molar-refractivity contribution in [2.75, 3.05) is 23.7 Å². The average molecular weight is 345 g/mol. The number of benzene rings is 2. The van der Waals surface area contributed by atoms with Crippen LogP contribution in [0.1, 0.15) is 6.42 Å². The summed E-state index contributed by atoms with van der Waals surface area (Å²) in [6.45, 7) is 0.747. The summed E-state index contributed by atoms with van der Waals surface area (Å²) in [6, 6.07) is 12.8. The van der Waals surface area contributed by atoms with Crippen molar-refractivity contribution in [2.24, 2.45) is 0 Å². The lowest BCUT2D eigenvalue weighted by Crippen LogP contribution is -2.39. The second-order valence-electron chi connectivity index (χ2n) is 5.80.